The van der Waals surface area contributed by atoms with Crippen LogP contribution >= 0.6 is 0 Å². The van der Waals surface area contributed by atoms with Crippen molar-refractivity contribution in [3.63, 3.8) is 0 Å². The summed E-state index contributed by atoms with van der Waals surface area (Å²) >= 11 is 0. The molecule has 3 unspecified atom stereocenters. The Bertz CT molecular complexity index is 471. The lowest BCUT2D eigenvalue weighted by molar-refractivity contribution is -0.157. The third-order valence-electron chi connectivity index (χ3n) is 8.79. The Morgan fingerprint density at radius 1 is 0.793 bits per heavy atom. The lowest BCUT2D eigenvalue weighted by Crippen LogP contribution is -2.34. The van der Waals surface area contributed by atoms with Crippen LogP contribution in [0.15, 0.2) is 0 Å². The summed E-state index contributed by atoms with van der Waals surface area (Å²) in [5.74, 6) is 4.86. The van der Waals surface area contributed by atoms with Crippen LogP contribution in [-0.2, 0) is 9.53 Å². The molecule has 3 saturated carbocycles. The van der Waals surface area contributed by atoms with Gasteiger partial charge in [0.05, 0.1) is 5.92 Å². The van der Waals surface area contributed by atoms with Crippen molar-refractivity contribution in [3.8, 4) is 0 Å². The maximum Gasteiger partial charge on any atom is 0.309 e. The minimum Gasteiger partial charge on any atom is -0.462 e. The second-order valence-corrected chi connectivity index (χ2v) is 10.9. The molecule has 3 atom stereocenters. The van der Waals surface area contributed by atoms with E-state index in [9.17, 15) is 4.79 Å². The van der Waals surface area contributed by atoms with Crippen LogP contribution in [0.3, 0.4) is 0 Å². The SMILES string of the molecule is CCCCC1CCC(OC(=O)C2CCC(C3CCC(CCC)CC3C)CC2)CC1. The number of carbonyl (C=O) groups is 1. The molecule has 0 aromatic heterocycles. The van der Waals surface area contributed by atoms with Crippen molar-refractivity contribution < 1.29 is 9.53 Å². The molecule has 0 saturated heterocycles. The van der Waals surface area contributed by atoms with Crippen LogP contribution < -0.4 is 0 Å². The van der Waals surface area contributed by atoms with Gasteiger partial charge in [-0.05, 0) is 93.8 Å². The first kappa shape index (κ1) is 23.1. The van der Waals surface area contributed by atoms with Crippen LogP contribution in [0.2, 0.25) is 0 Å². The van der Waals surface area contributed by atoms with Gasteiger partial charge in [-0.25, -0.2) is 0 Å². The van der Waals surface area contributed by atoms with Gasteiger partial charge in [0.25, 0.3) is 0 Å². The topological polar surface area (TPSA) is 26.3 Å². The molecular weight excluding hydrogens is 356 g/mol. The monoisotopic (exact) mass is 404 g/mol. The minimum atomic E-state index is 0.139. The Kier molecular flexibility index (Phi) is 9.38. The van der Waals surface area contributed by atoms with Crippen LogP contribution in [-0.4, -0.2) is 12.1 Å². The molecule has 168 valence electrons. The maximum absolute atomic E-state index is 12.8. The number of hydrogen-bond donors (Lipinski definition) is 0. The first-order valence-corrected chi connectivity index (χ1v) is 13.3. The molecule has 3 rings (SSSR count). The Morgan fingerprint density at radius 2 is 1.48 bits per heavy atom. The summed E-state index contributed by atoms with van der Waals surface area (Å²) in [6, 6.07) is 0. The zero-order valence-electron chi connectivity index (χ0n) is 19.7. The first-order chi connectivity index (χ1) is 14.1. The minimum absolute atomic E-state index is 0.139. The van der Waals surface area contributed by atoms with E-state index in [4.69, 9.17) is 4.74 Å². The molecule has 2 heteroatoms. The number of esters is 1. The molecule has 3 aliphatic carbocycles. The van der Waals surface area contributed by atoms with Gasteiger partial charge >= 0.3 is 5.97 Å². The highest BCUT2D eigenvalue weighted by Crippen LogP contribution is 2.45. The van der Waals surface area contributed by atoms with Gasteiger partial charge in [0.1, 0.15) is 6.10 Å². The molecule has 0 bridgehead atoms. The third kappa shape index (κ3) is 6.73. The highest BCUT2D eigenvalue weighted by atomic mass is 16.5. The smallest absolute Gasteiger partial charge is 0.309 e. The molecule has 0 spiro atoms. The number of hydrogen-bond acceptors (Lipinski definition) is 2. The Morgan fingerprint density at radius 3 is 2.10 bits per heavy atom. The summed E-state index contributed by atoms with van der Waals surface area (Å²) < 4.78 is 5.99. The molecular formula is C27H48O2. The van der Waals surface area contributed by atoms with E-state index in [0.717, 1.165) is 55.3 Å². The predicted molar refractivity (Wildman–Crippen MR) is 122 cm³/mol. The molecule has 3 aliphatic rings. The van der Waals surface area contributed by atoms with Crippen molar-refractivity contribution in [2.45, 2.75) is 130 Å². The van der Waals surface area contributed by atoms with Gasteiger partial charge in [0.2, 0.25) is 0 Å². The molecule has 2 nitrogen and oxygen atoms in total. The third-order valence-corrected chi connectivity index (χ3v) is 8.79. The molecule has 0 N–H and O–H groups in total. The number of carbonyl (C=O) groups excluding carboxylic acids is 1. The van der Waals surface area contributed by atoms with Crippen LogP contribution in [0.25, 0.3) is 0 Å². The van der Waals surface area contributed by atoms with Crippen LogP contribution in [0.1, 0.15) is 124 Å². The lowest BCUT2D eigenvalue weighted by Gasteiger charge is -2.41. The van der Waals surface area contributed by atoms with E-state index in [1.807, 2.05) is 0 Å². The summed E-state index contributed by atoms with van der Waals surface area (Å²) in [6.07, 6.45) is 20.8. The first-order valence-electron chi connectivity index (χ1n) is 13.3. The van der Waals surface area contributed by atoms with Crippen molar-refractivity contribution in [3.05, 3.63) is 0 Å². The molecule has 0 radical (unpaired) electrons. The fourth-order valence-corrected chi connectivity index (χ4v) is 6.98. The van der Waals surface area contributed by atoms with Gasteiger partial charge in [0.15, 0.2) is 0 Å². The molecule has 0 aromatic carbocycles. The number of unbranched alkanes of at least 4 members (excludes halogenated alkanes) is 1. The zero-order chi connectivity index (χ0) is 20.6. The average molecular weight is 405 g/mol. The standard InChI is InChI=1S/C27H48O2/c1-4-6-8-21-9-16-25(17-10-21)29-27(28)24-14-12-23(13-15-24)26-18-11-22(7-5-2)19-20(26)3/h20-26H,4-19H2,1-3H3. The van der Waals surface area contributed by atoms with Crippen molar-refractivity contribution in [1.82, 2.24) is 0 Å². The van der Waals surface area contributed by atoms with Crippen molar-refractivity contribution >= 4 is 5.97 Å². The molecule has 29 heavy (non-hydrogen) atoms. The normalized spacial score (nSPS) is 38.5. The molecule has 0 aliphatic heterocycles. The van der Waals surface area contributed by atoms with Crippen LogP contribution in [0.4, 0.5) is 0 Å². The van der Waals surface area contributed by atoms with Gasteiger partial charge in [0, 0.05) is 0 Å². The molecule has 0 aromatic rings. The van der Waals surface area contributed by atoms with E-state index >= 15 is 0 Å². The Balaban J connectivity index is 1.36. The summed E-state index contributed by atoms with van der Waals surface area (Å²) in [7, 11) is 0. The fourth-order valence-electron chi connectivity index (χ4n) is 6.98. The largest absolute Gasteiger partial charge is 0.462 e. The highest BCUT2D eigenvalue weighted by molar-refractivity contribution is 5.72. The predicted octanol–water partition coefficient (Wildman–Crippen LogP) is 7.94. The Hall–Kier alpha value is -0.530. The number of ether oxygens (including phenoxy) is 1. The molecule has 0 heterocycles. The average Bonchev–Trinajstić information content (AvgIpc) is 2.74. The van der Waals surface area contributed by atoms with E-state index in [0.29, 0.717) is 0 Å². The zero-order valence-corrected chi connectivity index (χ0v) is 19.7. The fraction of sp³-hybridized carbons (Fsp3) is 0.963. The maximum atomic E-state index is 12.8. The molecule has 3 fully saturated rings. The van der Waals surface area contributed by atoms with E-state index in [2.05, 4.69) is 20.8 Å². The van der Waals surface area contributed by atoms with E-state index < -0.39 is 0 Å². The summed E-state index contributed by atoms with van der Waals surface area (Å²) in [5.41, 5.74) is 0. The van der Waals surface area contributed by atoms with Crippen LogP contribution in [0.5, 0.6) is 0 Å². The summed E-state index contributed by atoms with van der Waals surface area (Å²) in [5, 5.41) is 0. The highest BCUT2D eigenvalue weighted by Gasteiger charge is 2.37. The van der Waals surface area contributed by atoms with E-state index in [1.165, 1.54) is 77.0 Å². The van der Waals surface area contributed by atoms with Gasteiger partial charge in [-0.1, -0.05) is 59.3 Å². The summed E-state index contributed by atoms with van der Waals surface area (Å²) in [4.78, 5) is 12.8. The van der Waals surface area contributed by atoms with Gasteiger partial charge < -0.3 is 4.74 Å². The quantitative estimate of drug-likeness (QED) is 0.384. The Labute approximate surface area is 180 Å². The van der Waals surface area contributed by atoms with Crippen molar-refractivity contribution in [2.75, 3.05) is 0 Å². The second-order valence-electron chi connectivity index (χ2n) is 10.9. The van der Waals surface area contributed by atoms with Crippen molar-refractivity contribution in [2.24, 2.45) is 35.5 Å². The van der Waals surface area contributed by atoms with E-state index in [-0.39, 0.29) is 18.0 Å². The van der Waals surface area contributed by atoms with Gasteiger partial charge in [-0.15, -0.1) is 0 Å². The van der Waals surface area contributed by atoms with Crippen molar-refractivity contribution in [1.29, 1.82) is 0 Å². The number of rotatable bonds is 8. The summed E-state index contributed by atoms with van der Waals surface area (Å²) in [6.45, 7) is 7.11. The molecule has 0 amide bonds. The van der Waals surface area contributed by atoms with Crippen LogP contribution in [0, 0.1) is 35.5 Å². The second kappa shape index (κ2) is 11.8. The van der Waals surface area contributed by atoms with Gasteiger partial charge in [-0.3, -0.25) is 4.79 Å². The van der Waals surface area contributed by atoms with Gasteiger partial charge in [-0.2, -0.15) is 0 Å². The van der Waals surface area contributed by atoms with E-state index in [1.54, 1.807) is 0 Å². The lowest BCUT2D eigenvalue weighted by atomic mass is 9.64.